The maximum atomic E-state index is 12.1. The number of furan rings is 1. The zero-order chi connectivity index (χ0) is 21.5. The highest BCUT2D eigenvalue weighted by molar-refractivity contribution is 6.06. The van der Waals surface area contributed by atoms with Crippen molar-refractivity contribution in [3.8, 4) is 0 Å². The molecule has 1 aliphatic heterocycles. The van der Waals surface area contributed by atoms with Gasteiger partial charge in [-0.3, -0.25) is 0 Å². The van der Waals surface area contributed by atoms with E-state index in [0.717, 1.165) is 28.6 Å². The first kappa shape index (κ1) is 19.8. The Labute approximate surface area is 181 Å². The Morgan fingerprint density at radius 2 is 2.06 bits per heavy atom. The summed E-state index contributed by atoms with van der Waals surface area (Å²) in [6, 6.07) is 7.60. The molecule has 0 unspecified atom stereocenters. The third-order valence-electron chi connectivity index (χ3n) is 6.56. The molecule has 2 aliphatic rings. The summed E-state index contributed by atoms with van der Waals surface area (Å²) in [5.74, 6) is 0.534. The van der Waals surface area contributed by atoms with Crippen LogP contribution in [0.1, 0.15) is 44.3 Å². The number of carboxylic acids is 1. The minimum absolute atomic E-state index is 0.192. The molecule has 2 aromatic heterocycles. The first-order valence-corrected chi connectivity index (χ1v) is 11.1. The van der Waals surface area contributed by atoms with Crippen LogP contribution < -0.4 is 10.2 Å². The Kier molecular flexibility index (Phi) is 5.04. The quantitative estimate of drug-likeness (QED) is 0.611. The van der Waals surface area contributed by atoms with Gasteiger partial charge >= 0.3 is 5.97 Å². The van der Waals surface area contributed by atoms with Crippen molar-refractivity contribution in [3.63, 3.8) is 0 Å². The molecule has 1 aliphatic carbocycles. The molecule has 2 N–H and O–H groups in total. The standard InChI is InChI=1S/C24H28N4O3/c1-14(25-17-7-3-4-8-17)11-16-12-19(24(29)30)28(13-16)23-22-21(26-15(2)27-23)18-9-5-6-10-20(18)31-22/h5-6,9-10,16-17,19,25H,1,3-4,7-8,11-13H2,2H3,(H,29,30)/t16-,19-/m0/s1. The molecule has 7 nitrogen and oxygen atoms in total. The zero-order valence-corrected chi connectivity index (χ0v) is 17.8. The number of hydrogen-bond acceptors (Lipinski definition) is 6. The predicted molar refractivity (Wildman–Crippen MR) is 120 cm³/mol. The van der Waals surface area contributed by atoms with Crippen molar-refractivity contribution in [3.05, 3.63) is 42.4 Å². The molecule has 31 heavy (non-hydrogen) atoms. The van der Waals surface area contributed by atoms with Crippen LogP contribution in [-0.2, 0) is 4.79 Å². The lowest BCUT2D eigenvalue weighted by molar-refractivity contribution is -0.138. The van der Waals surface area contributed by atoms with Crippen LogP contribution in [0.15, 0.2) is 41.0 Å². The summed E-state index contributed by atoms with van der Waals surface area (Å²) in [4.78, 5) is 23.2. The Bertz CT molecular complexity index is 1150. The van der Waals surface area contributed by atoms with E-state index < -0.39 is 12.0 Å². The van der Waals surface area contributed by atoms with E-state index in [1.165, 1.54) is 25.7 Å². The van der Waals surface area contributed by atoms with Crippen molar-refractivity contribution < 1.29 is 14.3 Å². The Morgan fingerprint density at radius 3 is 2.84 bits per heavy atom. The molecule has 5 rings (SSSR count). The number of benzene rings is 1. The Hall–Kier alpha value is -3.09. The molecule has 3 heterocycles. The van der Waals surface area contributed by atoms with Gasteiger partial charge in [0.05, 0.1) is 0 Å². The fourth-order valence-corrected chi connectivity index (χ4v) is 5.19. The Morgan fingerprint density at radius 1 is 1.29 bits per heavy atom. The highest BCUT2D eigenvalue weighted by Gasteiger charge is 2.39. The third kappa shape index (κ3) is 3.73. The van der Waals surface area contributed by atoms with Gasteiger partial charge in [-0.1, -0.05) is 31.6 Å². The van der Waals surface area contributed by atoms with Crippen LogP contribution in [0, 0.1) is 12.8 Å². The van der Waals surface area contributed by atoms with E-state index in [9.17, 15) is 9.90 Å². The van der Waals surface area contributed by atoms with E-state index in [4.69, 9.17) is 4.42 Å². The van der Waals surface area contributed by atoms with Crippen molar-refractivity contribution in [1.29, 1.82) is 0 Å². The van der Waals surface area contributed by atoms with Gasteiger partial charge in [-0.25, -0.2) is 14.8 Å². The number of aromatic nitrogens is 2. The number of carbonyl (C=O) groups is 1. The van der Waals surface area contributed by atoms with Crippen molar-refractivity contribution in [2.45, 2.75) is 57.5 Å². The number of nitrogens with one attached hydrogen (secondary N) is 1. The van der Waals surface area contributed by atoms with E-state index in [2.05, 4.69) is 21.9 Å². The lowest BCUT2D eigenvalue weighted by atomic mass is 10.00. The van der Waals surface area contributed by atoms with Crippen molar-refractivity contribution in [1.82, 2.24) is 15.3 Å². The van der Waals surface area contributed by atoms with Crippen molar-refractivity contribution in [2.24, 2.45) is 5.92 Å². The third-order valence-corrected chi connectivity index (χ3v) is 6.56. The number of carboxylic acid groups (broad SMARTS) is 1. The SMILES string of the molecule is C=C(C[C@H]1C[C@@H](C(=O)O)N(c2nc(C)nc3c2oc2ccccc23)C1)NC1CCCC1. The molecule has 7 heteroatoms. The first-order valence-electron chi connectivity index (χ1n) is 11.1. The van der Waals surface area contributed by atoms with Gasteiger partial charge in [0.2, 0.25) is 0 Å². The summed E-state index contributed by atoms with van der Waals surface area (Å²) in [7, 11) is 0. The zero-order valence-electron chi connectivity index (χ0n) is 17.8. The molecule has 3 aromatic rings. The summed E-state index contributed by atoms with van der Waals surface area (Å²) in [5, 5.41) is 14.4. The normalized spacial score (nSPS) is 21.9. The van der Waals surface area contributed by atoms with E-state index in [1.807, 2.05) is 36.1 Å². The van der Waals surface area contributed by atoms with Gasteiger partial charge in [0.25, 0.3) is 0 Å². The lowest BCUT2D eigenvalue weighted by Gasteiger charge is -2.23. The Balaban J connectivity index is 1.45. The van der Waals surface area contributed by atoms with Crippen LogP contribution in [-0.4, -0.2) is 39.7 Å². The van der Waals surface area contributed by atoms with Gasteiger partial charge in [-0.05, 0) is 50.7 Å². The van der Waals surface area contributed by atoms with Crippen LogP contribution in [0.2, 0.25) is 0 Å². The number of nitrogens with zero attached hydrogens (tertiary/aromatic N) is 3. The number of aliphatic carboxylic acids is 1. The van der Waals surface area contributed by atoms with Gasteiger partial charge in [-0.15, -0.1) is 0 Å². The minimum atomic E-state index is -0.836. The lowest BCUT2D eigenvalue weighted by Crippen LogP contribution is -2.36. The first-order chi connectivity index (χ1) is 15.0. The van der Waals surface area contributed by atoms with Gasteiger partial charge in [0, 0.05) is 23.7 Å². The summed E-state index contributed by atoms with van der Waals surface area (Å²) in [5.41, 5.74) is 3.03. The van der Waals surface area contributed by atoms with Crippen LogP contribution >= 0.6 is 0 Å². The highest BCUT2D eigenvalue weighted by Crippen LogP contribution is 2.38. The second-order valence-electron chi connectivity index (χ2n) is 8.91. The largest absolute Gasteiger partial charge is 0.480 e. The van der Waals surface area contributed by atoms with E-state index in [0.29, 0.717) is 36.2 Å². The van der Waals surface area contributed by atoms with Crippen molar-refractivity contribution in [2.75, 3.05) is 11.4 Å². The molecule has 1 saturated heterocycles. The monoisotopic (exact) mass is 420 g/mol. The number of anilines is 1. The highest BCUT2D eigenvalue weighted by atomic mass is 16.4. The number of aryl methyl sites for hydroxylation is 1. The van der Waals surface area contributed by atoms with Crippen LogP contribution in [0.4, 0.5) is 5.82 Å². The summed E-state index contributed by atoms with van der Waals surface area (Å²) >= 11 is 0. The number of hydrogen-bond donors (Lipinski definition) is 2. The number of fused-ring (bicyclic) bond motifs is 3. The van der Waals surface area contributed by atoms with Crippen molar-refractivity contribution >= 4 is 33.9 Å². The molecule has 0 spiro atoms. The molecule has 0 amide bonds. The molecule has 0 radical (unpaired) electrons. The molecule has 2 atom stereocenters. The maximum absolute atomic E-state index is 12.1. The molecule has 0 bridgehead atoms. The molecule has 1 saturated carbocycles. The van der Waals surface area contributed by atoms with E-state index >= 15 is 0 Å². The topological polar surface area (TPSA) is 91.5 Å². The fourth-order valence-electron chi connectivity index (χ4n) is 5.19. The van der Waals surface area contributed by atoms with E-state index in [-0.39, 0.29) is 5.92 Å². The number of para-hydroxylation sites is 1. The smallest absolute Gasteiger partial charge is 0.326 e. The van der Waals surface area contributed by atoms with Crippen LogP contribution in [0.3, 0.4) is 0 Å². The average Bonchev–Trinajstić information content (AvgIpc) is 3.46. The van der Waals surface area contributed by atoms with E-state index in [1.54, 1.807) is 0 Å². The second kappa shape index (κ2) is 7.87. The number of rotatable bonds is 6. The van der Waals surface area contributed by atoms with Gasteiger partial charge in [0.1, 0.15) is 23.0 Å². The summed E-state index contributed by atoms with van der Waals surface area (Å²) in [6.07, 6.45) is 6.25. The molecule has 1 aromatic carbocycles. The van der Waals surface area contributed by atoms with Gasteiger partial charge < -0.3 is 19.7 Å². The summed E-state index contributed by atoms with van der Waals surface area (Å²) in [6.45, 7) is 6.66. The fraction of sp³-hybridized carbons (Fsp3) is 0.458. The molecule has 162 valence electrons. The van der Waals surface area contributed by atoms with Crippen LogP contribution in [0.5, 0.6) is 0 Å². The molecule has 2 fully saturated rings. The van der Waals surface area contributed by atoms with Gasteiger partial charge in [-0.2, -0.15) is 0 Å². The van der Waals surface area contributed by atoms with Gasteiger partial charge in [0.15, 0.2) is 11.4 Å². The molecular formula is C24H28N4O3. The minimum Gasteiger partial charge on any atom is -0.480 e. The van der Waals surface area contributed by atoms with Crippen LogP contribution in [0.25, 0.3) is 22.1 Å². The summed E-state index contributed by atoms with van der Waals surface area (Å²) < 4.78 is 6.09. The maximum Gasteiger partial charge on any atom is 0.326 e. The average molecular weight is 421 g/mol. The number of allylic oxidation sites excluding steroid dienone is 1. The predicted octanol–water partition coefficient (Wildman–Crippen LogP) is 4.40. The molecular weight excluding hydrogens is 392 g/mol. The second-order valence-corrected chi connectivity index (χ2v) is 8.91.